The third-order valence-electron chi connectivity index (χ3n) is 5.68. The van der Waals surface area contributed by atoms with E-state index in [0.29, 0.717) is 28.4 Å². The molecule has 0 saturated heterocycles. The zero-order chi connectivity index (χ0) is 21.6. The van der Waals surface area contributed by atoms with Crippen molar-refractivity contribution in [2.24, 2.45) is 0 Å². The molecule has 4 nitrogen and oxygen atoms in total. The van der Waals surface area contributed by atoms with Crippen LogP contribution in [0.3, 0.4) is 0 Å². The molecule has 1 aromatic heterocycles. The van der Waals surface area contributed by atoms with Crippen molar-refractivity contribution in [1.82, 2.24) is 0 Å². The van der Waals surface area contributed by atoms with Crippen molar-refractivity contribution in [3.63, 3.8) is 0 Å². The largest absolute Gasteiger partial charge is 0.375 e. The minimum Gasteiger partial charge on any atom is -0.375 e. The maximum absolute atomic E-state index is 13.4. The first-order valence-corrected chi connectivity index (χ1v) is 11.1. The van der Waals surface area contributed by atoms with Crippen LogP contribution >= 0.6 is 22.9 Å². The first-order valence-electron chi connectivity index (χ1n) is 9.84. The number of halogens is 1. The number of carbonyl (C=O) groups is 2. The Kier molecular flexibility index (Phi) is 4.89. The summed E-state index contributed by atoms with van der Waals surface area (Å²) in [5.41, 5.74) is -0.548. The van der Waals surface area contributed by atoms with Gasteiger partial charge in [-0.05, 0) is 46.5 Å². The van der Waals surface area contributed by atoms with E-state index < -0.39 is 11.5 Å². The van der Waals surface area contributed by atoms with Gasteiger partial charge in [0.05, 0.1) is 18.7 Å². The first-order chi connectivity index (χ1) is 15.0. The number of fused-ring (bicyclic) bond motifs is 2. The molecule has 3 aromatic carbocycles. The van der Waals surface area contributed by atoms with Gasteiger partial charge in [-0.25, -0.2) is 0 Å². The summed E-state index contributed by atoms with van der Waals surface area (Å²) in [6.45, 7) is 0.331. The van der Waals surface area contributed by atoms with Gasteiger partial charge in [-0.1, -0.05) is 54.1 Å². The SMILES string of the molecule is O=C(CC1(O)C(=O)N(Cc2cccs2)c2ccc(Cl)cc21)c1ccc2ccccc2c1. The molecule has 0 aliphatic carbocycles. The molecular weight excluding hydrogens is 430 g/mol. The first kappa shape index (κ1) is 19.9. The van der Waals surface area contributed by atoms with E-state index in [-0.39, 0.29) is 12.2 Å². The third kappa shape index (κ3) is 3.45. The number of hydrogen-bond acceptors (Lipinski definition) is 4. The van der Waals surface area contributed by atoms with Crippen molar-refractivity contribution < 1.29 is 14.7 Å². The second-order valence-corrected chi connectivity index (χ2v) is 9.12. The monoisotopic (exact) mass is 447 g/mol. The highest BCUT2D eigenvalue weighted by Crippen LogP contribution is 2.45. The molecule has 0 radical (unpaired) electrons. The van der Waals surface area contributed by atoms with E-state index in [0.717, 1.165) is 15.6 Å². The summed E-state index contributed by atoms with van der Waals surface area (Å²) in [6, 6.07) is 22.0. The molecule has 0 fully saturated rings. The summed E-state index contributed by atoms with van der Waals surface area (Å²) >= 11 is 7.72. The minimum absolute atomic E-state index is 0.300. The van der Waals surface area contributed by atoms with E-state index in [1.165, 1.54) is 16.2 Å². The van der Waals surface area contributed by atoms with Crippen molar-refractivity contribution in [3.8, 4) is 0 Å². The Morgan fingerprint density at radius 2 is 1.81 bits per heavy atom. The molecule has 0 saturated carbocycles. The Morgan fingerprint density at radius 3 is 2.58 bits per heavy atom. The van der Waals surface area contributed by atoms with Crippen LogP contribution in [-0.2, 0) is 16.9 Å². The number of carbonyl (C=O) groups excluding carboxylic acids is 2. The molecule has 5 rings (SSSR count). The highest BCUT2D eigenvalue weighted by atomic mass is 35.5. The second-order valence-electron chi connectivity index (χ2n) is 7.65. The van der Waals surface area contributed by atoms with Gasteiger partial charge in [-0.2, -0.15) is 0 Å². The van der Waals surface area contributed by atoms with Crippen LogP contribution in [0.4, 0.5) is 5.69 Å². The molecule has 31 heavy (non-hydrogen) atoms. The maximum atomic E-state index is 13.4. The van der Waals surface area contributed by atoms with Crippen LogP contribution in [0, 0.1) is 0 Å². The van der Waals surface area contributed by atoms with E-state index in [1.807, 2.05) is 47.8 Å². The predicted octanol–water partition coefficient (Wildman–Crippen LogP) is 5.56. The van der Waals surface area contributed by atoms with Gasteiger partial charge in [0.25, 0.3) is 5.91 Å². The molecule has 4 aromatic rings. The van der Waals surface area contributed by atoms with Gasteiger partial charge in [0.1, 0.15) is 0 Å². The van der Waals surface area contributed by atoms with Gasteiger partial charge in [0, 0.05) is 21.0 Å². The zero-order valence-corrected chi connectivity index (χ0v) is 18.0. The lowest BCUT2D eigenvalue weighted by Gasteiger charge is -2.22. The van der Waals surface area contributed by atoms with Crippen molar-refractivity contribution >= 4 is 51.1 Å². The Hall–Kier alpha value is -2.99. The van der Waals surface area contributed by atoms with Crippen molar-refractivity contribution in [2.45, 2.75) is 18.6 Å². The second kappa shape index (κ2) is 7.61. The fourth-order valence-corrected chi connectivity index (χ4v) is 4.97. The molecule has 6 heteroatoms. The summed E-state index contributed by atoms with van der Waals surface area (Å²) < 4.78 is 0. The summed E-state index contributed by atoms with van der Waals surface area (Å²) in [5, 5.41) is 15.8. The van der Waals surface area contributed by atoms with E-state index in [2.05, 4.69) is 0 Å². The number of Topliss-reactive ketones (excluding diaryl/α,β-unsaturated/α-hetero) is 1. The fourth-order valence-electron chi connectivity index (χ4n) is 4.11. The van der Waals surface area contributed by atoms with Crippen LogP contribution in [0.25, 0.3) is 10.8 Å². The molecule has 1 unspecified atom stereocenters. The van der Waals surface area contributed by atoms with Gasteiger partial charge >= 0.3 is 0 Å². The molecule has 0 bridgehead atoms. The molecule has 1 N–H and O–H groups in total. The number of ketones is 1. The molecule has 1 atom stereocenters. The number of amides is 1. The summed E-state index contributed by atoms with van der Waals surface area (Å²) in [4.78, 5) is 29.1. The molecule has 1 aliphatic rings. The average molecular weight is 448 g/mol. The number of benzene rings is 3. The normalized spacial score (nSPS) is 17.9. The van der Waals surface area contributed by atoms with E-state index in [1.54, 1.807) is 30.3 Å². The summed E-state index contributed by atoms with van der Waals surface area (Å²) in [6.07, 6.45) is -0.349. The Balaban J connectivity index is 1.51. The van der Waals surface area contributed by atoms with Gasteiger partial charge < -0.3 is 10.0 Å². The quantitative estimate of drug-likeness (QED) is 0.407. The van der Waals surface area contributed by atoms with Gasteiger partial charge in [-0.3, -0.25) is 9.59 Å². The third-order valence-corrected chi connectivity index (χ3v) is 6.77. The highest BCUT2D eigenvalue weighted by Gasteiger charge is 2.51. The van der Waals surface area contributed by atoms with E-state index >= 15 is 0 Å². The van der Waals surface area contributed by atoms with Crippen molar-refractivity contribution in [2.75, 3.05) is 4.90 Å². The Labute approximate surface area is 188 Å². The average Bonchev–Trinajstić information content (AvgIpc) is 3.35. The molecular formula is C25H18ClNO3S. The fraction of sp³-hybridized carbons (Fsp3) is 0.120. The number of rotatable bonds is 5. The van der Waals surface area contributed by atoms with Gasteiger partial charge in [0.2, 0.25) is 0 Å². The molecule has 2 heterocycles. The Morgan fingerprint density at radius 1 is 1.00 bits per heavy atom. The zero-order valence-electron chi connectivity index (χ0n) is 16.4. The van der Waals surface area contributed by atoms with E-state index in [4.69, 9.17) is 11.6 Å². The van der Waals surface area contributed by atoms with Crippen molar-refractivity contribution in [1.29, 1.82) is 0 Å². The van der Waals surface area contributed by atoms with Crippen LogP contribution in [-0.4, -0.2) is 16.8 Å². The molecule has 154 valence electrons. The number of anilines is 1. The molecule has 1 amide bonds. The molecule has 1 aliphatic heterocycles. The lowest BCUT2D eigenvalue weighted by atomic mass is 9.87. The van der Waals surface area contributed by atoms with Crippen LogP contribution < -0.4 is 4.90 Å². The summed E-state index contributed by atoms with van der Waals surface area (Å²) in [7, 11) is 0. The van der Waals surface area contributed by atoms with Crippen LogP contribution in [0.2, 0.25) is 5.02 Å². The number of nitrogens with zero attached hydrogens (tertiary/aromatic N) is 1. The van der Waals surface area contributed by atoms with Gasteiger partial charge in [-0.15, -0.1) is 11.3 Å². The number of aliphatic hydroxyl groups is 1. The topological polar surface area (TPSA) is 57.6 Å². The van der Waals surface area contributed by atoms with E-state index in [9.17, 15) is 14.7 Å². The van der Waals surface area contributed by atoms with Crippen LogP contribution in [0.15, 0.2) is 78.2 Å². The van der Waals surface area contributed by atoms with Crippen molar-refractivity contribution in [3.05, 3.63) is 99.2 Å². The van der Waals surface area contributed by atoms with Crippen LogP contribution in [0.5, 0.6) is 0 Å². The van der Waals surface area contributed by atoms with Crippen LogP contribution in [0.1, 0.15) is 27.2 Å². The lowest BCUT2D eigenvalue weighted by Crippen LogP contribution is -2.41. The number of hydrogen-bond donors (Lipinski definition) is 1. The smallest absolute Gasteiger partial charge is 0.264 e. The molecule has 0 spiro atoms. The van der Waals surface area contributed by atoms with Gasteiger partial charge in [0.15, 0.2) is 11.4 Å². The Bertz CT molecular complexity index is 1320. The standard InChI is InChI=1S/C25H18ClNO3S/c26-19-9-10-22-21(13-19)25(30,24(29)27(22)15-20-6-3-11-31-20)14-23(28)18-8-7-16-4-1-2-5-17(16)12-18/h1-13,30H,14-15H2. The summed E-state index contributed by atoms with van der Waals surface area (Å²) in [5.74, 6) is -0.808. The maximum Gasteiger partial charge on any atom is 0.264 e. The number of thiophene rings is 1. The highest BCUT2D eigenvalue weighted by molar-refractivity contribution is 7.09. The lowest BCUT2D eigenvalue weighted by molar-refractivity contribution is -0.136. The minimum atomic E-state index is -1.96. The predicted molar refractivity (Wildman–Crippen MR) is 124 cm³/mol.